The zero-order valence-corrected chi connectivity index (χ0v) is 19.6. The summed E-state index contributed by atoms with van der Waals surface area (Å²) in [7, 11) is -3.55. The molecule has 0 aromatic heterocycles. The molecule has 1 amide bonds. The average molecular weight is 457 g/mol. The highest BCUT2D eigenvalue weighted by molar-refractivity contribution is 7.89. The van der Waals surface area contributed by atoms with Gasteiger partial charge in [0.05, 0.1) is 4.90 Å². The van der Waals surface area contributed by atoms with Gasteiger partial charge in [0, 0.05) is 31.7 Å². The van der Waals surface area contributed by atoms with Crippen LogP contribution < -0.4 is 0 Å². The van der Waals surface area contributed by atoms with Crippen molar-refractivity contribution in [3.8, 4) is 5.75 Å². The number of aromatic hydroxyl groups is 1. The van der Waals surface area contributed by atoms with Crippen molar-refractivity contribution in [1.29, 1.82) is 0 Å². The van der Waals surface area contributed by atoms with Gasteiger partial charge in [-0.2, -0.15) is 4.31 Å². The van der Waals surface area contributed by atoms with Crippen molar-refractivity contribution in [3.63, 3.8) is 0 Å². The topological polar surface area (TPSA) is 77.9 Å². The van der Waals surface area contributed by atoms with Crippen molar-refractivity contribution in [1.82, 2.24) is 9.21 Å². The third-order valence-electron chi connectivity index (χ3n) is 6.72. The maximum Gasteiger partial charge on any atom is 0.253 e. The second-order valence-electron chi connectivity index (χ2n) is 9.45. The van der Waals surface area contributed by atoms with E-state index in [0.717, 1.165) is 19.3 Å². The molecule has 0 spiro atoms. The van der Waals surface area contributed by atoms with Crippen LogP contribution in [-0.4, -0.2) is 54.8 Å². The molecule has 2 aromatic rings. The molecular formula is C25H32N2O4S. The number of phenols is 1. The van der Waals surface area contributed by atoms with E-state index in [4.69, 9.17) is 0 Å². The largest absolute Gasteiger partial charge is 0.508 e. The van der Waals surface area contributed by atoms with Crippen LogP contribution >= 0.6 is 0 Å². The van der Waals surface area contributed by atoms with Gasteiger partial charge in [0.15, 0.2) is 0 Å². The van der Waals surface area contributed by atoms with Gasteiger partial charge >= 0.3 is 0 Å². The quantitative estimate of drug-likeness (QED) is 0.752. The number of likely N-dealkylation sites (tertiary alicyclic amines) is 1. The van der Waals surface area contributed by atoms with Crippen molar-refractivity contribution in [2.24, 2.45) is 11.8 Å². The Hall–Kier alpha value is -2.38. The fourth-order valence-corrected chi connectivity index (χ4v) is 6.75. The Kier molecular flexibility index (Phi) is 6.58. The van der Waals surface area contributed by atoms with Crippen molar-refractivity contribution in [2.75, 3.05) is 26.2 Å². The van der Waals surface area contributed by atoms with Crippen LogP contribution in [0, 0.1) is 11.8 Å². The molecule has 2 saturated heterocycles. The van der Waals surface area contributed by atoms with Gasteiger partial charge < -0.3 is 10.0 Å². The Morgan fingerprint density at radius 2 is 1.47 bits per heavy atom. The van der Waals surface area contributed by atoms with Gasteiger partial charge in [0.25, 0.3) is 5.91 Å². The molecule has 2 aliphatic heterocycles. The lowest BCUT2D eigenvalue weighted by Gasteiger charge is -2.34. The van der Waals surface area contributed by atoms with Crippen molar-refractivity contribution in [3.05, 3.63) is 59.7 Å². The molecular weight excluding hydrogens is 424 g/mol. The monoisotopic (exact) mass is 456 g/mol. The molecule has 172 valence electrons. The number of rotatable bonds is 4. The molecule has 2 atom stereocenters. The molecule has 0 aliphatic carbocycles. The molecule has 2 fully saturated rings. The van der Waals surface area contributed by atoms with Crippen LogP contribution in [-0.2, 0) is 10.0 Å². The third kappa shape index (κ3) is 4.84. The fourth-order valence-electron chi connectivity index (χ4n) is 5.07. The maximum atomic E-state index is 13.1. The van der Waals surface area contributed by atoms with Crippen LogP contribution in [0.4, 0.5) is 0 Å². The van der Waals surface area contributed by atoms with Crippen molar-refractivity contribution < 1.29 is 18.3 Å². The molecule has 0 radical (unpaired) electrons. The minimum Gasteiger partial charge on any atom is -0.508 e. The summed E-state index contributed by atoms with van der Waals surface area (Å²) in [5.74, 6) is 1.27. The average Bonchev–Trinajstić information content (AvgIpc) is 2.79. The van der Waals surface area contributed by atoms with E-state index in [1.807, 2.05) is 17.0 Å². The molecule has 2 unspecified atom stereocenters. The Bertz CT molecular complexity index is 1030. The van der Waals surface area contributed by atoms with Gasteiger partial charge in [0.2, 0.25) is 10.0 Å². The number of benzene rings is 2. The summed E-state index contributed by atoms with van der Waals surface area (Å²) in [5.41, 5.74) is 1.71. The maximum absolute atomic E-state index is 13.1. The third-order valence-corrected chi connectivity index (χ3v) is 8.57. The number of phenolic OH excluding ortho intramolecular Hbond substituents is 1. The molecule has 6 nitrogen and oxygen atoms in total. The summed E-state index contributed by atoms with van der Waals surface area (Å²) < 4.78 is 27.7. The van der Waals surface area contributed by atoms with Crippen LogP contribution in [0.25, 0.3) is 0 Å². The number of sulfonamides is 1. The highest BCUT2D eigenvalue weighted by Crippen LogP contribution is 2.30. The zero-order chi connectivity index (χ0) is 22.9. The number of nitrogens with zero attached hydrogens (tertiary/aromatic N) is 2. The summed E-state index contributed by atoms with van der Waals surface area (Å²) in [6.07, 6.45) is 2.78. The lowest BCUT2D eigenvalue weighted by atomic mass is 9.89. The summed E-state index contributed by atoms with van der Waals surface area (Å²) in [6, 6.07) is 13.7. The number of amides is 1. The smallest absolute Gasteiger partial charge is 0.253 e. The van der Waals surface area contributed by atoms with E-state index in [0.29, 0.717) is 49.5 Å². The normalized spacial score (nSPS) is 23.2. The van der Waals surface area contributed by atoms with Gasteiger partial charge in [-0.3, -0.25) is 4.79 Å². The summed E-state index contributed by atoms with van der Waals surface area (Å²) in [5, 5.41) is 9.47. The van der Waals surface area contributed by atoms with Gasteiger partial charge in [-0.1, -0.05) is 26.0 Å². The van der Waals surface area contributed by atoms with Crippen LogP contribution in [0.2, 0.25) is 0 Å². The van der Waals surface area contributed by atoms with E-state index in [-0.39, 0.29) is 16.6 Å². The molecule has 7 heteroatoms. The van der Waals surface area contributed by atoms with E-state index in [9.17, 15) is 18.3 Å². The standard InChI is InChI=1S/C25H32N2O4S/c1-18-15-19(2)17-27(16-18)32(30,31)24-9-5-22(6-10-24)25(29)26-13-11-21(12-14-26)20-3-7-23(28)8-4-20/h3-10,18-19,21,28H,11-17H2,1-2H3. The van der Waals surface area contributed by atoms with Crippen LogP contribution in [0.5, 0.6) is 5.75 Å². The molecule has 0 saturated carbocycles. The minimum absolute atomic E-state index is 0.0571. The van der Waals surface area contributed by atoms with E-state index in [1.165, 1.54) is 5.56 Å². The molecule has 2 aromatic carbocycles. The second-order valence-corrected chi connectivity index (χ2v) is 11.4. The highest BCUT2D eigenvalue weighted by Gasteiger charge is 2.32. The van der Waals surface area contributed by atoms with Gasteiger partial charge in [-0.05, 0) is 79.0 Å². The first kappa shape index (κ1) is 22.8. The second kappa shape index (κ2) is 9.24. The zero-order valence-electron chi connectivity index (χ0n) is 18.8. The predicted octanol–water partition coefficient (Wildman–Crippen LogP) is 4.08. The number of hydrogen-bond acceptors (Lipinski definition) is 4. The Morgan fingerprint density at radius 3 is 2.03 bits per heavy atom. The Morgan fingerprint density at radius 1 is 0.906 bits per heavy atom. The van der Waals surface area contributed by atoms with Gasteiger partial charge in [0.1, 0.15) is 5.75 Å². The molecule has 4 rings (SSSR count). The van der Waals surface area contributed by atoms with E-state index < -0.39 is 10.0 Å². The van der Waals surface area contributed by atoms with Crippen molar-refractivity contribution >= 4 is 15.9 Å². The highest BCUT2D eigenvalue weighted by atomic mass is 32.2. The number of piperidine rings is 2. The lowest BCUT2D eigenvalue weighted by molar-refractivity contribution is 0.0713. The number of carbonyl (C=O) groups excluding carboxylic acids is 1. The first-order valence-electron chi connectivity index (χ1n) is 11.4. The molecule has 32 heavy (non-hydrogen) atoms. The molecule has 1 N–H and O–H groups in total. The van der Waals surface area contributed by atoms with E-state index in [2.05, 4.69) is 13.8 Å². The first-order valence-corrected chi connectivity index (χ1v) is 12.9. The van der Waals surface area contributed by atoms with Crippen LogP contribution in [0.3, 0.4) is 0 Å². The lowest BCUT2D eigenvalue weighted by Crippen LogP contribution is -2.42. The van der Waals surface area contributed by atoms with E-state index in [1.54, 1.807) is 40.7 Å². The Labute approximate surface area is 190 Å². The molecule has 0 bridgehead atoms. The summed E-state index contributed by atoms with van der Waals surface area (Å²) in [4.78, 5) is 15.1. The molecule has 2 heterocycles. The minimum atomic E-state index is -3.55. The van der Waals surface area contributed by atoms with Crippen LogP contribution in [0.15, 0.2) is 53.4 Å². The fraction of sp³-hybridized carbons (Fsp3) is 0.480. The van der Waals surface area contributed by atoms with Gasteiger partial charge in [-0.25, -0.2) is 8.42 Å². The molecule has 2 aliphatic rings. The van der Waals surface area contributed by atoms with Crippen LogP contribution in [0.1, 0.15) is 54.9 Å². The van der Waals surface area contributed by atoms with E-state index >= 15 is 0 Å². The number of carbonyl (C=O) groups is 1. The van der Waals surface area contributed by atoms with Crippen molar-refractivity contribution in [2.45, 2.75) is 43.9 Å². The predicted molar refractivity (Wildman–Crippen MR) is 124 cm³/mol. The van der Waals surface area contributed by atoms with Gasteiger partial charge in [-0.15, -0.1) is 0 Å². The number of hydrogen-bond donors (Lipinski definition) is 1. The summed E-state index contributed by atoms with van der Waals surface area (Å²) in [6.45, 7) is 6.59. The summed E-state index contributed by atoms with van der Waals surface area (Å²) >= 11 is 0. The first-order chi connectivity index (χ1) is 15.2. The SMILES string of the molecule is CC1CC(C)CN(S(=O)(=O)c2ccc(C(=O)N3CCC(c4ccc(O)cc4)CC3)cc2)C1. The Balaban J connectivity index is 1.40.